The Morgan fingerprint density at radius 3 is 2.40 bits per heavy atom. The molecule has 5 unspecified atom stereocenters. The van der Waals surface area contributed by atoms with E-state index in [9.17, 15) is 27.6 Å². The summed E-state index contributed by atoms with van der Waals surface area (Å²) in [5.74, 6) is -2.36. The van der Waals surface area contributed by atoms with E-state index >= 15 is 0 Å². The Labute approximate surface area is 302 Å². The van der Waals surface area contributed by atoms with Gasteiger partial charge in [-0.05, 0) is 43.4 Å². The highest BCUT2D eigenvalue weighted by Gasteiger charge is 2.62. The van der Waals surface area contributed by atoms with Crippen LogP contribution in [-0.4, -0.2) is 84.6 Å². The van der Waals surface area contributed by atoms with Crippen molar-refractivity contribution in [2.75, 3.05) is 13.7 Å². The first-order valence-corrected chi connectivity index (χ1v) is 18.8. The van der Waals surface area contributed by atoms with Crippen molar-refractivity contribution in [2.24, 2.45) is 11.8 Å². The topological polar surface area (TPSA) is 173 Å². The number of benzene rings is 2. The second-order valence-corrected chi connectivity index (χ2v) is 15.8. The Bertz CT molecular complexity index is 2030. The molecule has 52 heavy (non-hydrogen) atoms. The lowest BCUT2D eigenvalue weighted by atomic mass is 10.0. The number of amides is 4. The number of fused-ring (bicyclic) bond motifs is 1. The Kier molecular flexibility index (Phi) is 10.1. The Balaban J connectivity index is 1.33. The summed E-state index contributed by atoms with van der Waals surface area (Å²) in [6.45, 7) is 10.8. The summed E-state index contributed by atoms with van der Waals surface area (Å²) < 4.78 is 39.6. The number of rotatable bonds is 14. The molecule has 274 valence electrons. The molecular weight excluding hydrogens is 687 g/mol. The zero-order chi connectivity index (χ0) is 37.4. The second-order valence-electron chi connectivity index (χ2n) is 13.9. The summed E-state index contributed by atoms with van der Waals surface area (Å²) in [7, 11) is -2.33. The van der Waals surface area contributed by atoms with Crippen LogP contribution < -0.4 is 24.8 Å². The van der Waals surface area contributed by atoms with E-state index in [1.807, 2.05) is 42.5 Å². The van der Waals surface area contributed by atoms with Gasteiger partial charge in [0.2, 0.25) is 27.7 Å². The van der Waals surface area contributed by atoms with Crippen LogP contribution in [0.1, 0.15) is 39.5 Å². The van der Waals surface area contributed by atoms with Crippen LogP contribution in [0.3, 0.4) is 0 Å². The Morgan fingerprint density at radius 2 is 1.79 bits per heavy atom. The number of hydrogen-bond donors (Lipinski definition) is 3. The van der Waals surface area contributed by atoms with Gasteiger partial charge in [0.1, 0.15) is 35.2 Å². The average Bonchev–Trinajstić information content (AvgIpc) is 4.06. The van der Waals surface area contributed by atoms with Gasteiger partial charge in [0, 0.05) is 35.4 Å². The van der Waals surface area contributed by atoms with Gasteiger partial charge in [0.15, 0.2) is 0 Å². The molecule has 5 atom stereocenters. The standard InChI is InChI=1S/C38H43N5O8S/c1-6-24-20-38(24,37(47)42-52(48,49)27-14-15-27)41-35(45)31-18-26(21-43(31)36(46)34(22(3)4)40-33(44)7-2)51-32-19-29(23-11-9-8-10-12-23)39-30-17-25(50-5)13-16-28(30)32/h6-13,16-17,19,22,24,26-27,31,34H,1-2,14-15,18,20-21H2,3-5H3,(H,40,44)(H,41,45)(H,42,47). The number of carbonyl (C=O) groups excluding carboxylic acids is 4. The highest BCUT2D eigenvalue weighted by atomic mass is 32.2. The lowest BCUT2D eigenvalue weighted by Gasteiger charge is -2.31. The van der Waals surface area contributed by atoms with Crippen LogP contribution >= 0.6 is 0 Å². The molecule has 2 aromatic carbocycles. The van der Waals surface area contributed by atoms with E-state index in [-0.39, 0.29) is 25.3 Å². The summed E-state index contributed by atoms with van der Waals surface area (Å²) in [5.41, 5.74) is 0.556. The smallest absolute Gasteiger partial charge is 0.259 e. The zero-order valence-corrected chi connectivity index (χ0v) is 30.1. The first kappa shape index (κ1) is 36.5. The average molecular weight is 730 g/mol. The third kappa shape index (κ3) is 7.38. The third-order valence-corrected chi connectivity index (χ3v) is 11.7. The molecule has 1 saturated heterocycles. The van der Waals surface area contributed by atoms with E-state index in [4.69, 9.17) is 14.5 Å². The number of sulfonamides is 1. The van der Waals surface area contributed by atoms with Gasteiger partial charge < -0.3 is 25.0 Å². The van der Waals surface area contributed by atoms with Crippen LogP contribution in [0.15, 0.2) is 79.9 Å². The minimum atomic E-state index is -3.90. The molecular formula is C38H43N5O8S. The predicted molar refractivity (Wildman–Crippen MR) is 194 cm³/mol. The van der Waals surface area contributed by atoms with Crippen LogP contribution in [0.4, 0.5) is 0 Å². The van der Waals surface area contributed by atoms with Gasteiger partial charge in [-0.25, -0.2) is 13.4 Å². The van der Waals surface area contributed by atoms with Crippen LogP contribution in [0.2, 0.25) is 0 Å². The van der Waals surface area contributed by atoms with E-state index in [0.29, 0.717) is 40.9 Å². The molecule has 0 bridgehead atoms. The summed E-state index contributed by atoms with van der Waals surface area (Å²) in [4.78, 5) is 60.5. The van der Waals surface area contributed by atoms with Gasteiger partial charge in [-0.3, -0.25) is 23.9 Å². The van der Waals surface area contributed by atoms with Gasteiger partial charge in [-0.15, -0.1) is 6.58 Å². The highest BCUT2D eigenvalue weighted by Crippen LogP contribution is 2.45. The minimum absolute atomic E-state index is 0.0229. The Hall–Kier alpha value is -5.24. The normalized spacial score (nSPS) is 23.0. The molecule has 6 rings (SSSR count). The summed E-state index contributed by atoms with van der Waals surface area (Å²) in [5, 5.41) is 5.51. The quantitative estimate of drug-likeness (QED) is 0.166. The fraction of sp³-hybridized carbons (Fsp3) is 0.395. The lowest BCUT2D eigenvalue weighted by molar-refractivity contribution is -0.142. The van der Waals surface area contributed by atoms with Crippen molar-refractivity contribution in [1.82, 2.24) is 25.2 Å². The van der Waals surface area contributed by atoms with Gasteiger partial charge in [0.05, 0.1) is 30.1 Å². The van der Waals surface area contributed by atoms with Crippen LogP contribution in [0.25, 0.3) is 22.2 Å². The molecule has 2 saturated carbocycles. The maximum Gasteiger partial charge on any atom is 0.259 e. The molecule has 3 N–H and O–H groups in total. The van der Waals surface area contributed by atoms with Gasteiger partial charge in [-0.2, -0.15) is 0 Å². The molecule has 2 heterocycles. The van der Waals surface area contributed by atoms with Crippen molar-refractivity contribution >= 4 is 44.6 Å². The number of hydrogen-bond acceptors (Lipinski definition) is 9. The first-order valence-electron chi connectivity index (χ1n) is 17.2. The molecule has 14 heteroatoms. The fourth-order valence-corrected chi connectivity index (χ4v) is 8.00. The number of pyridine rings is 1. The van der Waals surface area contributed by atoms with Gasteiger partial charge in [0.25, 0.3) is 5.91 Å². The first-order chi connectivity index (χ1) is 24.8. The van der Waals surface area contributed by atoms with Crippen molar-refractivity contribution in [1.29, 1.82) is 0 Å². The number of carbonyl (C=O) groups is 4. The second kappa shape index (κ2) is 14.4. The maximum absolute atomic E-state index is 14.2. The van der Waals surface area contributed by atoms with Crippen molar-refractivity contribution in [3.8, 4) is 22.8 Å². The molecule has 4 amide bonds. The maximum atomic E-state index is 14.2. The molecule has 0 spiro atoms. The van der Waals surface area contributed by atoms with Crippen molar-refractivity contribution in [3.05, 3.63) is 79.9 Å². The molecule has 1 aliphatic heterocycles. The van der Waals surface area contributed by atoms with Gasteiger partial charge >= 0.3 is 0 Å². The summed E-state index contributed by atoms with van der Waals surface area (Å²) in [6, 6.07) is 14.6. The summed E-state index contributed by atoms with van der Waals surface area (Å²) in [6.07, 6.45) is 2.97. The lowest BCUT2D eigenvalue weighted by Crippen LogP contribution is -2.59. The number of nitrogens with zero attached hydrogens (tertiary/aromatic N) is 2. The van der Waals surface area contributed by atoms with Crippen LogP contribution in [0, 0.1) is 11.8 Å². The molecule has 3 aromatic rings. The largest absolute Gasteiger partial charge is 0.497 e. The minimum Gasteiger partial charge on any atom is -0.497 e. The van der Waals surface area contributed by atoms with Crippen molar-refractivity contribution in [3.63, 3.8) is 0 Å². The molecule has 3 fully saturated rings. The fourth-order valence-electron chi connectivity index (χ4n) is 6.64. The number of ether oxygens (including phenoxy) is 2. The van der Waals surface area contributed by atoms with E-state index in [1.165, 1.54) is 11.0 Å². The number of aromatic nitrogens is 1. The van der Waals surface area contributed by atoms with Crippen LogP contribution in [-0.2, 0) is 29.2 Å². The van der Waals surface area contributed by atoms with Crippen molar-refractivity contribution in [2.45, 2.75) is 68.5 Å². The number of nitrogens with one attached hydrogen (secondary N) is 3. The van der Waals surface area contributed by atoms with E-state index in [0.717, 1.165) is 11.6 Å². The van der Waals surface area contributed by atoms with E-state index in [2.05, 4.69) is 28.5 Å². The van der Waals surface area contributed by atoms with E-state index in [1.54, 1.807) is 33.1 Å². The molecule has 0 radical (unpaired) electrons. The van der Waals surface area contributed by atoms with Crippen LogP contribution in [0.5, 0.6) is 11.5 Å². The summed E-state index contributed by atoms with van der Waals surface area (Å²) >= 11 is 0. The Morgan fingerprint density at radius 1 is 1.06 bits per heavy atom. The number of methoxy groups -OCH3 is 1. The highest BCUT2D eigenvalue weighted by molar-refractivity contribution is 7.91. The predicted octanol–water partition coefficient (Wildman–Crippen LogP) is 3.25. The third-order valence-electron chi connectivity index (χ3n) is 9.86. The SMILES string of the molecule is C=CC(=O)NC(C(=O)N1CC(Oc2cc(-c3ccccc3)nc3cc(OC)ccc23)CC1C(=O)NC1(C(=O)NS(=O)(=O)C2CC2)CC1C=C)C(C)C. The monoisotopic (exact) mass is 729 g/mol. The molecule has 2 aliphatic carbocycles. The molecule has 3 aliphatic rings. The van der Waals surface area contributed by atoms with Gasteiger partial charge in [-0.1, -0.05) is 56.8 Å². The zero-order valence-electron chi connectivity index (χ0n) is 29.3. The molecule has 1 aromatic heterocycles. The van der Waals surface area contributed by atoms with Crippen molar-refractivity contribution < 1.29 is 37.1 Å². The molecule has 13 nitrogen and oxygen atoms in total. The number of likely N-dealkylation sites (tertiary alicyclic amines) is 1. The van der Waals surface area contributed by atoms with E-state index < -0.39 is 68.5 Å².